The highest BCUT2D eigenvalue weighted by Gasteiger charge is 2.07. The predicted octanol–water partition coefficient (Wildman–Crippen LogP) is 1.89. The summed E-state index contributed by atoms with van der Waals surface area (Å²) in [5.74, 6) is 0.621. The number of benzene rings is 1. The van der Waals surface area contributed by atoms with Crippen LogP contribution < -0.4 is 4.74 Å². The number of ether oxygens (including phenoxy) is 1. The summed E-state index contributed by atoms with van der Waals surface area (Å²) >= 11 is 0. The topological polar surface area (TPSA) is 39.4 Å². The van der Waals surface area contributed by atoms with Gasteiger partial charge in [-0.1, -0.05) is 18.2 Å². The zero-order chi connectivity index (χ0) is 10.3. The van der Waals surface area contributed by atoms with E-state index in [1.165, 1.54) is 0 Å². The van der Waals surface area contributed by atoms with Crippen LogP contribution in [0.25, 0.3) is 16.4 Å². The fraction of sp³-hybridized carbons (Fsp3) is 0.0909. The fourth-order valence-electron chi connectivity index (χ4n) is 1.74. The summed E-state index contributed by atoms with van der Waals surface area (Å²) < 4.78 is 6.97. The van der Waals surface area contributed by atoms with Crippen molar-refractivity contribution < 1.29 is 4.74 Å². The summed E-state index contributed by atoms with van der Waals surface area (Å²) in [5.41, 5.74) is 0.853. The fourth-order valence-corrected chi connectivity index (χ4v) is 1.74. The molecule has 0 bridgehead atoms. The van der Waals surface area contributed by atoms with Crippen molar-refractivity contribution >= 4 is 16.4 Å². The van der Waals surface area contributed by atoms with Crippen LogP contribution in [0.4, 0.5) is 0 Å². The molecule has 0 atom stereocenters. The molecule has 0 radical (unpaired) electrons. The zero-order valence-corrected chi connectivity index (χ0v) is 8.21. The maximum absolute atomic E-state index is 5.25. The number of nitrogens with zero attached hydrogens (tertiary/aromatic N) is 3. The molecule has 2 aromatic heterocycles. The Hall–Kier alpha value is -2.10. The van der Waals surface area contributed by atoms with Crippen LogP contribution in [0.1, 0.15) is 0 Å². The number of fused-ring (bicyclic) bond motifs is 3. The number of hydrogen-bond acceptors (Lipinski definition) is 3. The van der Waals surface area contributed by atoms with Gasteiger partial charge in [-0.3, -0.25) is 0 Å². The molecule has 0 amide bonds. The molecule has 0 N–H and O–H groups in total. The van der Waals surface area contributed by atoms with Crippen LogP contribution in [-0.4, -0.2) is 21.7 Å². The van der Waals surface area contributed by atoms with E-state index in [1.807, 2.05) is 30.5 Å². The smallest absolute Gasteiger partial charge is 0.239 e. The lowest BCUT2D eigenvalue weighted by molar-refractivity contribution is 0.396. The van der Waals surface area contributed by atoms with Gasteiger partial charge in [-0.2, -0.15) is 0 Å². The van der Waals surface area contributed by atoms with Crippen LogP contribution >= 0.6 is 0 Å². The van der Waals surface area contributed by atoms with E-state index in [2.05, 4.69) is 10.1 Å². The Kier molecular flexibility index (Phi) is 1.62. The zero-order valence-electron chi connectivity index (χ0n) is 8.21. The molecule has 0 saturated carbocycles. The van der Waals surface area contributed by atoms with Crippen molar-refractivity contribution in [3.05, 3.63) is 36.7 Å². The van der Waals surface area contributed by atoms with Gasteiger partial charge in [0, 0.05) is 23.2 Å². The second-order valence-corrected chi connectivity index (χ2v) is 3.25. The largest absolute Gasteiger partial charge is 0.480 e. The predicted molar refractivity (Wildman–Crippen MR) is 57.0 cm³/mol. The van der Waals surface area contributed by atoms with Gasteiger partial charge in [-0.25, -0.2) is 9.50 Å². The van der Waals surface area contributed by atoms with Gasteiger partial charge in [0.25, 0.3) is 0 Å². The molecule has 1 aromatic carbocycles. The highest BCUT2D eigenvalue weighted by molar-refractivity contribution is 5.96. The number of aromatic nitrogens is 3. The van der Waals surface area contributed by atoms with Crippen LogP contribution in [0.15, 0.2) is 36.7 Å². The lowest BCUT2D eigenvalue weighted by Crippen LogP contribution is -1.96. The molecule has 0 saturated heterocycles. The molecule has 3 rings (SSSR count). The minimum atomic E-state index is 0.621. The van der Waals surface area contributed by atoms with E-state index in [-0.39, 0.29) is 0 Å². The minimum absolute atomic E-state index is 0.621. The first kappa shape index (κ1) is 8.23. The molecule has 0 aliphatic carbocycles. The summed E-state index contributed by atoms with van der Waals surface area (Å²) in [6.07, 6.45) is 3.54. The SMILES string of the molecule is COc1nn2ccnc2c2ccccc12. The summed E-state index contributed by atoms with van der Waals surface area (Å²) in [5, 5.41) is 6.35. The van der Waals surface area contributed by atoms with E-state index >= 15 is 0 Å². The van der Waals surface area contributed by atoms with Crippen molar-refractivity contribution in [2.45, 2.75) is 0 Å². The highest BCUT2D eigenvalue weighted by Crippen LogP contribution is 2.25. The van der Waals surface area contributed by atoms with Gasteiger partial charge in [0.1, 0.15) is 0 Å². The Balaban J connectivity index is 2.58. The maximum Gasteiger partial charge on any atom is 0.239 e. The van der Waals surface area contributed by atoms with Crippen LogP contribution in [0.3, 0.4) is 0 Å². The first-order chi connectivity index (χ1) is 7.40. The molecule has 0 fully saturated rings. The Labute approximate surface area is 86.1 Å². The molecule has 3 aromatic rings. The second-order valence-electron chi connectivity index (χ2n) is 3.25. The number of imidazole rings is 1. The maximum atomic E-state index is 5.25. The third kappa shape index (κ3) is 1.08. The van der Waals surface area contributed by atoms with Crippen molar-refractivity contribution in [1.82, 2.24) is 14.6 Å². The van der Waals surface area contributed by atoms with Crippen LogP contribution in [-0.2, 0) is 0 Å². The molecule has 0 aliphatic heterocycles. The summed E-state index contributed by atoms with van der Waals surface area (Å²) in [4.78, 5) is 4.27. The molecular formula is C11H9N3O. The van der Waals surface area contributed by atoms with Crippen LogP contribution in [0.2, 0.25) is 0 Å². The summed E-state index contributed by atoms with van der Waals surface area (Å²) in [6, 6.07) is 7.94. The van der Waals surface area contributed by atoms with E-state index in [0.717, 1.165) is 16.4 Å². The average molecular weight is 199 g/mol. The third-order valence-electron chi connectivity index (χ3n) is 2.41. The first-order valence-electron chi connectivity index (χ1n) is 4.66. The summed E-state index contributed by atoms with van der Waals surface area (Å²) in [7, 11) is 1.62. The molecule has 4 nitrogen and oxygen atoms in total. The molecule has 15 heavy (non-hydrogen) atoms. The van der Waals surface area contributed by atoms with E-state index in [1.54, 1.807) is 17.8 Å². The van der Waals surface area contributed by atoms with Gasteiger partial charge in [-0.05, 0) is 6.07 Å². The normalized spacial score (nSPS) is 11.0. The Morgan fingerprint density at radius 2 is 2.00 bits per heavy atom. The molecule has 0 spiro atoms. The molecular weight excluding hydrogens is 190 g/mol. The highest BCUT2D eigenvalue weighted by atomic mass is 16.5. The summed E-state index contributed by atoms with van der Waals surface area (Å²) in [6.45, 7) is 0. The van der Waals surface area contributed by atoms with E-state index < -0.39 is 0 Å². The van der Waals surface area contributed by atoms with Gasteiger partial charge < -0.3 is 4.74 Å². The molecule has 2 heterocycles. The van der Waals surface area contributed by atoms with Crippen molar-refractivity contribution in [1.29, 1.82) is 0 Å². The van der Waals surface area contributed by atoms with Gasteiger partial charge in [-0.15, -0.1) is 5.10 Å². The lowest BCUT2D eigenvalue weighted by atomic mass is 10.2. The standard InChI is InChI=1S/C11H9N3O/c1-15-11-9-5-3-2-4-8(9)10-12-6-7-14(10)13-11/h2-7H,1H3. The van der Waals surface area contributed by atoms with Crippen LogP contribution in [0.5, 0.6) is 5.88 Å². The second kappa shape index (κ2) is 2.95. The Morgan fingerprint density at radius 1 is 1.20 bits per heavy atom. The molecule has 0 unspecified atom stereocenters. The van der Waals surface area contributed by atoms with Crippen LogP contribution in [0, 0.1) is 0 Å². The van der Waals surface area contributed by atoms with Gasteiger partial charge in [0.2, 0.25) is 5.88 Å². The van der Waals surface area contributed by atoms with E-state index in [4.69, 9.17) is 4.74 Å². The monoisotopic (exact) mass is 199 g/mol. The number of hydrogen-bond donors (Lipinski definition) is 0. The number of rotatable bonds is 1. The van der Waals surface area contributed by atoms with E-state index in [9.17, 15) is 0 Å². The average Bonchev–Trinajstić information content (AvgIpc) is 2.76. The van der Waals surface area contributed by atoms with Crippen molar-refractivity contribution in [3.63, 3.8) is 0 Å². The minimum Gasteiger partial charge on any atom is -0.480 e. The van der Waals surface area contributed by atoms with Gasteiger partial charge >= 0.3 is 0 Å². The van der Waals surface area contributed by atoms with Crippen molar-refractivity contribution in [3.8, 4) is 5.88 Å². The lowest BCUT2D eigenvalue weighted by Gasteiger charge is -2.05. The van der Waals surface area contributed by atoms with Gasteiger partial charge in [0.05, 0.1) is 7.11 Å². The quantitative estimate of drug-likeness (QED) is 0.600. The first-order valence-corrected chi connectivity index (χ1v) is 4.66. The molecule has 4 heteroatoms. The van der Waals surface area contributed by atoms with Gasteiger partial charge in [0.15, 0.2) is 5.65 Å². The Morgan fingerprint density at radius 3 is 2.80 bits per heavy atom. The van der Waals surface area contributed by atoms with Crippen molar-refractivity contribution in [2.75, 3.05) is 7.11 Å². The Bertz CT molecular complexity index is 630. The van der Waals surface area contributed by atoms with E-state index in [0.29, 0.717) is 5.88 Å². The van der Waals surface area contributed by atoms with Crippen molar-refractivity contribution in [2.24, 2.45) is 0 Å². The third-order valence-corrected chi connectivity index (χ3v) is 2.41. The molecule has 0 aliphatic rings. The number of methoxy groups -OCH3 is 1. The molecule has 74 valence electrons.